The second kappa shape index (κ2) is 8.17. The maximum Gasteiger partial charge on any atom is 0.267 e. The summed E-state index contributed by atoms with van der Waals surface area (Å²) in [6.45, 7) is 3.36. The Labute approximate surface area is 180 Å². The molecule has 0 aliphatic carbocycles. The molecule has 0 saturated carbocycles. The van der Waals surface area contributed by atoms with Crippen LogP contribution >= 0.6 is 0 Å². The van der Waals surface area contributed by atoms with Crippen LogP contribution in [0.25, 0.3) is 11.0 Å². The number of nitrogen functional groups attached to an aromatic ring is 1. The van der Waals surface area contributed by atoms with Crippen LogP contribution in [0.3, 0.4) is 0 Å². The first-order chi connectivity index (χ1) is 14.9. The highest BCUT2D eigenvalue weighted by Gasteiger charge is 2.22. The van der Waals surface area contributed by atoms with E-state index in [4.69, 9.17) is 11.5 Å². The third-order valence-electron chi connectivity index (χ3n) is 5.68. The number of nitrogens with one attached hydrogen (secondary N) is 1. The van der Waals surface area contributed by atoms with Crippen LogP contribution in [0.1, 0.15) is 27.3 Å². The SMILES string of the molecule is CN(C)C(=O)c1ccc(N2CCCN(c3ccnc4[nH]c(C(N)=O)c(N)c34)CC2)cc1. The van der Waals surface area contributed by atoms with Crippen molar-refractivity contribution in [1.82, 2.24) is 14.9 Å². The molecule has 31 heavy (non-hydrogen) atoms. The van der Waals surface area contributed by atoms with E-state index < -0.39 is 5.91 Å². The first-order valence-electron chi connectivity index (χ1n) is 10.2. The summed E-state index contributed by atoms with van der Waals surface area (Å²) in [5.74, 6) is -0.602. The Kier molecular flexibility index (Phi) is 5.41. The fourth-order valence-corrected chi connectivity index (χ4v) is 4.07. The van der Waals surface area contributed by atoms with E-state index in [0.29, 0.717) is 16.9 Å². The summed E-state index contributed by atoms with van der Waals surface area (Å²) in [7, 11) is 3.50. The zero-order valence-corrected chi connectivity index (χ0v) is 17.8. The smallest absolute Gasteiger partial charge is 0.267 e. The van der Waals surface area contributed by atoms with Gasteiger partial charge in [-0.3, -0.25) is 9.59 Å². The van der Waals surface area contributed by atoms with Gasteiger partial charge in [0, 0.05) is 57.7 Å². The van der Waals surface area contributed by atoms with Gasteiger partial charge in [0.2, 0.25) is 0 Å². The number of aromatic amines is 1. The number of hydrogen-bond donors (Lipinski definition) is 3. The monoisotopic (exact) mass is 421 g/mol. The highest BCUT2D eigenvalue weighted by molar-refractivity contribution is 6.10. The zero-order valence-electron chi connectivity index (χ0n) is 17.8. The average Bonchev–Trinajstić information content (AvgIpc) is 2.94. The van der Waals surface area contributed by atoms with E-state index in [1.807, 2.05) is 30.3 Å². The van der Waals surface area contributed by atoms with Crippen LogP contribution in [0.15, 0.2) is 36.5 Å². The number of fused-ring (bicyclic) bond motifs is 1. The molecule has 162 valence electrons. The van der Waals surface area contributed by atoms with Crippen molar-refractivity contribution in [3.8, 4) is 0 Å². The number of pyridine rings is 1. The van der Waals surface area contributed by atoms with Crippen molar-refractivity contribution in [2.75, 3.05) is 55.8 Å². The van der Waals surface area contributed by atoms with Gasteiger partial charge < -0.3 is 31.2 Å². The second-order valence-electron chi connectivity index (χ2n) is 7.91. The third-order valence-corrected chi connectivity index (χ3v) is 5.68. The van der Waals surface area contributed by atoms with E-state index in [1.165, 1.54) is 0 Å². The van der Waals surface area contributed by atoms with Crippen LogP contribution in [-0.4, -0.2) is 67.0 Å². The number of rotatable bonds is 4. The Bertz CT molecular complexity index is 1120. The van der Waals surface area contributed by atoms with Crippen LogP contribution in [0, 0.1) is 0 Å². The molecule has 5 N–H and O–H groups in total. The molecule has 0 atom stereocenters. The molecular formula is C22H27N7O2. The number of H-pyrrole nitrogens is 1. The molecule has 0 spiro atoms. The lowest BCUT2D eigenvalue weighted by Gasteiger charge is -2.25. The van der Waals surface area contributed by atoms with Gasteiger partial charge in [-0.05, 0) is 36.8 Å². The topological polar surface area (TPSA) is 125 Å². The predicted molar refractivity (Wildman–Crippen MR) is 123 cm³/mol. The molecule has 1 aliphatic heterocycles. The van der Waals surface area contributed by atoms with Crippen molar-refractivity contribution >= 4 is 39.9 Å². The molecule has 3 heterocycles. The lowest BCUT2D eigenvalue weighted by molar-refractivity contribution is 0.0827. The fraction of sp³-hybridized carbons (Fsp3) is 0.318. The quantitative estimate of drug-likeness (QED) is 0.588. The van der Waals surface area contributed by atoms with Crippen LogP contribution in [0.5, 0.6) is 0 Å². The lowest BCUT2D eigenvalue weighted by atomic mass is 10.1. The van der Waals surface area contributed by atoms with E-state index >= 15 is 0 Å². The summed E-state index contributed by atoms with van der Waals surface area (Å²) in [6, 6.07) is 9.67. The van der Waals surface area contributed by atoms with Gasteiger partial charge in [-0.1, -0.05) is 0 Å². The van der Waals surface area contributed by atoms with Crippen molar-refractivity contribution in [2.24, 2.45) is 5.73 Å². The van der Waals surface area contributed by atoms with Gasteiger partial charge >= 0.3 is 0 Å². The molecule has 1 saturated heterocycles. The summed E-state index contributed by atoms with van der Waals surface area (Å²) in [5.41, 5.74) is 15.5. The molecule has 9 nitrogen and oxygen atoms in total. The van der Waals surface area contributed by atoms with Crippen molar-refractivity contribution < 1.29 is 9.59 Å². The maximum absolute atomic E-state index is 12.1. The number of anilines is 3. The summed E-state index contributed by atoms with van der Waals surface area (Å²) in [5, 5.41) is 0.733. The van der Waals surface area contributed by atoms with Crippen LogP contribution in [0.2, 0.25) is 0 Å². The van der Waals surface area contributed by atoms with Gasteiger partial charge in [-0.2, -0.15) is 0 Å². The van der Waals surface area contributed by atoms with Gasteiger partial charge in [0.15, 0.2) is 0 Å². The van der Waals surface area contributed by atoms with Crippen LogP contribution < -0.4 is 21.3 Å². The highest BCUT2D eigenvalue weighted by atomic mass is 16.2. The maximum atomic E-state index is 12.1. The van der Waals surface area contributed by atoms with Crippen molar-refractivity contribution in [3.05, 3.63) is 47.8 Å². The van der Waals surface area contributed by atoms with E-state index in [1.54, 1.807) is 25.2 Å². The second-order valence-corrected chi connectivity index (χ2v) is 7.91. The largest absolute Gasteiger partial charge is 0.396 e. The number of primary amides is 1. The number of amides is 2. The molecule has 1 fully saturated rings. The molecular weight excluding hydrogens is 394 g/mol. The number of nitrogens with two attached hydrogens (primary N) is 2. The number of aromatic nitrogens is 2. The lowest BCUT2D eigenvalue weighted by Crippen LogP contribution is -2.31. The molecule has 4 rings (SSSR count). The van der Waals surface area contributed by atoms with Crippen molar-refractivity contribution in [3.63, 3.8) is 0 Å². The first-order valence-corrected chi connectivity index (χ1v) is 10.2. The molecule has 3 aromatic rings. The minimum atomic E-state index is -0.598. The Hall–Kier alpha value is -3.75. The zero-order chi connectivity index (χ0) is 22.1. The van der Waals surface area contributed by atoms with E-state index in [9.17, 15) is 9.59 Å². The predicted octanol–water partition coefficient (Wildman–Crippen LogP) is 1.66. The van der Waals surface area contributed by atoms with Gasteiger partial charge in [0.1, 0.15) is 11.3 Å². The minimum absolute atomic E-state index is 0.00489. The summed E-state index contributed by atoms with van der Waals surface area (Å²) < 4.78 is 0. The van der Waals surface area contributed by atoms with E-state index in [2.05, 4.69) is 19.8 Å². The number of carbonyl (C=O) groups excluding carboxylic acids is 2. The minimum Gasteiger partial charge on any atom is -0.396 e. The fourth-order valence-electron chi connectivity index (χ4n) is 4.07. The molecule has 9 heteroatoms. The van der Waals surface area contributed by atoms with Crippen molar-refractivity contribution in [1.29, 1.82) is 0 Å². The summed E-state index contributed by atoms with van der Waals surface area (Å²) >= 11 is 0. The van der Waals surface area contributed by atoms with Crippen LogP contribution in [-0.2, 0) is 0 Å². The number of hydrogen-bond acceptors (Lipinski definition) is 6. The molecule has 1 aromatic carbocycles. The number of nitrogens with zero attached hydrogens (tertiary/aromatic N) is 4. The van der Waals surface area contributed by atoms with E-state index in [-0.39, 0.29) is 11.6 Å². The van der Waals surface area contributed by atoms with Gasteiger partial charge in [-0.25, -0.2) is 4.98 Å². The van der Waals surface area contributed by atoms with E-state index in [0.717, 1.165) is 49.4 Å². The Morgan fingerprint density at radius 1 is 1.03 bits per heavy atom. The van der Waals surface area contributed by atoms with Crippen molar-refractivity contribution in [2.45, 2.75) is 6.42 Å². The molecule has 2 aromatic heterocycles. The average molecular weight is 422 g/mol. The molecule has 2 amide bonds. The Balaban J connectivity index is 1.55. The first kappa shape index (κ1) is 20.5. The van der Waals surface area contributed by atoms with Gasteiger partial charge in [0.05, 0.1) is 16.8 Å². The highest BCUT2D eigenvalue weighted by Crippen LogP contribution is 2.33. The Morgan fingerprint density at radius 3 is 2.39 bits per heavy atom. The Morgan fingerprint density at radius 2 is 1.71 bits per heavy atom. The van der Waals surface area contributed by atoms with Crippen LogP contribution in [0.4, 0.5) is 17.1 Å². The van der Waals surface area contributed by atoms with Gasteiger partial charge in [0.25, 0.3) is 11.8 Å². The third kappa shape index (κ3) is 3.86. The van der Waals surface area contributed by atoms with Gasteiger partial charge in [-0.15, -0.1) is 0 Å². The number of benzene rings is 1. The molecule has 1 aliphatic rings. The number of carbonyl (C=O) groups is 2. The molecule has 0 unspecified atom stereocenters. The summed E-state index contributed by atoms with van der Waals surface area (Å²) in [4.78, 5) is 37.2. The molecule has 0 radical (unpaired) electrons. The summed E-state index contributed by atoms with van der Waals surface area (Å²) in [6.07, 6.45) is 2.66. The normalized spacial score (nSPS) is 14.5. The standard InChI is InChI=1S/C22H27N7O2/c1-27(2)22(31)14-4-6-15(7-5-14)28-10-3-11-29(13-12-28)16-8-9-25-21-17(16)18(23)19(26-21)20(24)30/h4-9H,3,10-13,23H2,1-2H3,(H2,24,30)(H,25,26). The molecule has 0 bridgehead atoms.